The molecule has 1 saturated carbocycles. The summed E-state index contributed by atoms with van der Waals surface area (Å²) in [5.41, 5.74) is 1.76. The van der Waals surface area contributed by atoms with E-state index >= 15 is 0 Å². The molecule has 2 bridgehead atoms. The molecule has 0 aromatic carbocycles. The van der Waals surface area contributed by atoms with Crippen LogP contribution in [0.2, 0.25) is 0 Å². The van der Waals surface area contributed by atoms with Crippen molar-refractivity contribution in [2.75, 3.05) is 12.3 Å². The Bertz CT molecular complexity index is 468. The Kier molecular flexibility index (Phi) is 2.06. The predicted octanol–water partition coefficient (Wildman–Crippen LogP) is 1.62. The molecule has 0 unspecified atom stereocenters. The van der Waals surface area contributed by atoms with Crippen LogP contribution in [0.5, 0.6) is 0 Å². The summed E-state index contributed by atoms with van der Waals surface area (Å²) < 4.78 is 0. The first kappa shape index (κ1) is 10.00. The number of nitrogens with one attached hydrogen (secondary N) is 1. The molecule has 2 atom stereocenters. The maximum Gasteiger partial charge on any atom is 0.274 e. The van der Waals surface area contributed by atoms with Gasteiger partial charge in [0.15, 0.2) is 0 Å². The van der Waals surface area contributed by atoms with E-state index in [9.17, 15) is 4.79 Å². The van der Waals surface area contributed by atoms with Crippen LogP contribution in [0.4, 0.5) is 0 Å². The van der Waals surface area contributed by atoms with Gasteiger partial charge in [0.25, 0.3) is 5.91 Å². The maximum atomic E-state index is 12.3. The second kappa shape index (κ2) is 3.51. The molecule has 3 fully saturated rings. The molecule has 0 radical (unpaired) electrons. The van der Waals surface area contributed by atoms with Gasteiger partial charge in [-0.2, -0.15) is 16.9 Å². The lowest BCUT2D eigenvalue weighted by Gasteiger charge is -2.25. The number of fused-ring (bicyclic) bond motifs is 2. The molecule has 0 spiro atoms. The second-order valence-electron chi connectivity index (χ2n) is 5.29. The maximum absolute atomic E-state index is 12.3. The Balaban J connectivity index is 1.55. The largest absolute Gasteiger partial charge is 0.332 e. The molecule has 90 valence electrons. The summed E-state index contributed by atoms with van der Waals surface area (Å²) in [6.45, 7) is 0.916. The van der Waals surface area contributed by atoms with Crippen LogP contribution in [0.1, 0.15) is 41.4 Å². The number of aromatic amines is 1. The van der Waals surface area contributed by atoms with E-state index in [4.69, 9.17) is 0 Å². The van der Waals surface area contributed by atoms with E-state index in [0.717, 1.165) is 18.0 Å². The standard InChI is InChI=1S/C12H15N3OS/c16-12(15-5-9-3-8(15)6-17-9)11-4-10(13-14-11)7-1-2-7/h4,7-9H,1-3,5-6H2,(H,13,14)/t8-,9+/m0/s1. The fourth-order valence-corrected chi connectivity index (χ4v) is 4.28. The van der Waals surface area contributed by atoms with Gasteiger partial charge in [0.2, 0.25) is 0 Å². The summed E-state index contributed by atoms with van der Waals surface area (Å²) in [6, 6.07) is 2.41. The second-order valence-corrected chi connectivity index (χ2v) is 6.62. The van der Waals surface area contributed by atoms with Gasteiger partial charge >= 0.3 is 0 Å². The van der Waals surface area contributed by atoms with Crippen LogP contribution in [0.3, 0.4) is 0 Å². The lowest BCUT2D eigenvalue weighted by Crippen LogP contribution is -2.39. The minimum atomic E-state index is 0.126. The Labute approximate surface area is 104 Å². The monoisotopic (exact) mass is 249 g/mol. The number of amides is 1. The van der Waals surface area contributed by atoms with Gasteiger partial charge in [0.1, 0.15) is 5.69 Å². The van der Waals surface area contributed by atoms with E-state index in [2.05, 4.69) is 10.2 Å². The number of nitrogens with zero attached hydrogens (tertiary/aromatic N) is 2. The van der Waals surface area contributed by atoms with Crippen LogP contribution in [-0.4, -0.2) is 44.6 Å². The van der Waals surface area contributed by atoms with Crippen molar-refractivity contribution in [1.29, 1.82) is 0 Å². The van der Waals surface area contributed by atoms with E-state index in [0.29, 0.717) is 22.9 Å². The first-order chi connectivity index (χ1) is 8.31. The van der Waals surface area contributed by atoms with Crippen molar-refractivity contribution < 1.29 is 4.79 Å². The Hall–Kier alpha value is -0.970. The number of likely N-dealkylation sites (tertiary alicyclic amines) is 1. The van der Waals surface area contributed by atoms with Gasteiger partial charge in [-0.15, -0.1) is 0 Å². The molecule has 3 heterocycles. The van der Waals surface area contributed by atoms with E-state index < -0.39 is 0 Å². The Morgan fingerprint density at radius 1 is 1.53 bits per heavy atom. The van der Waals surface area contributed by atoms with Crippen molar-refractivity contribution in [3.05, 3.63) is 17.5 Å². The van der Waals surface area contributed by atoms with Gasteiger partial charge in [-0.05, 0) is 25.3 Å². The molecule has 1 aliphatic carbocycles. The highest BCUT2D eigenvalue weighted by Gasteiger charge is 2.41. The Morgan fingerprint density at radius 2 is 2.41 bits per heavy atom. The first-order valence-corrected chi connectivity index (χ1v) is 7.34. The molecular weight excluding hydrogens is 234 g/mol. The van der Waals surface area contributed by atoms with Crippen LogP contribution >= 0.6 is 11.8 Å². The molecule has 1 aromatic rings. The number of aromatic nitrogens is 2. The number of carbonyl (C=O) groups is 1. The van der Waals surface area contributed by atoms with Crippen molar-refractivity contribution in [3.63, 3.8) is 0 Å². The molecular formula is C12H15N3OS. The molecule has 3 aliphatic rings. The minimum Gasteiger partial charge on any atom is -0.332 e. The minimum absolute atomic E-state index is 0.126. The van der Waals surface area contributed by atoms with Gasteiger partial charge < -0.3 is 4.90 Å². The quantitative estimate of drug-likeness (QED) is 0.866. The molecule has 2 saturated heterocycles. The van der Waals surface area contributed by atoms with Crippen molar-refractivity contribution in [3.8, 4) is 0 Å². The van der Waals surface area contributed by atoms with Crippen LogP contribution in [0, 0.1) is 0 Å². The van der Waals surface area contributed by atoms with Gasteiger partial charge in [-0.3, -0.25) is 9.89 Å². The summed E-state index contributed by atoms with van der Waals surface area (Å²) in [6.07, 6.45) is 3.65. The topological polar surface area (TPSA) is 49.0 Å². The van der Waals surface area contributed by atoms with E-state index in [1.165, 1.54) is 19.3 Å². The third-order valence-electron chi connectivity index (χ3n) is 4.00. The van der Waals surface area contributed by atoms with Crippen LogP contribution < -0.4 is 0 Å². The number of H-pyrrole nitrogens is 1. The number of carbonyl (C=O) groups excluding carboxylic acids is 1. The Morgan fingerprint density at radius 3 is 3.06 bits per heavy atom. The lowest BCUT2D eigenvalue weighted by atomic mass is 10.2. The van der Waals surface area contributed by atoms with Crippen molar-refractivity contribution in [2.45, 2.75) is 36.5 Å². The van der Waals surface area contributed by atoms with Gasteiger partial charge in [-0.1, -0.05) is 0 Å². The third-order valence-corrected chi connectivity index (χ3v) is 5.39. The molecule has 1 aromatic heterocycles. The highest BCUT2D eigenvalue weighted by atomic mass is 32.2. The van der Waals surface area contributed by atoms with Crippen molar-refractivity contribution in [2.24, 2.45) is 0 Å². The number of hydrogen-bond donors (Lipinski definition) is 1. The molecule has 2 aliphatic heterocycles. The van der Waals surface area contributed by atoms with Crippen LogP contribution in [-0.2, 0) is 0 Å². The summed E-state index contributed by atoms with van der Waals surface area (Å²) in [5, 5.41) is 7.87. The highest BCUT2D eigenvalue weighted by molar-refractivity contribution is 8.00. The van der Waals surface area contributed by atoms with E-state index in [1.807, 2.05) is 22.7 Å². The normalized spacial score (nSPS) is 31.2. The molecule has 1 N–H and O–H groups in total. The molecule has 4 rings (SSSR count). The summed E-state index contributed by atoms with van der Waals surface area (Å²) in [5.74, 6) is 1.87. The average Bonchev–Trinajstić information content (AvgIpc) is 2.84. The number of rotatable bonds is 2. The van der Waals surface area contributed by atoms with Crippen molar-refractivity contribution >= 4 is 17.7 Å². The smallest absolute Gasteiger partial charge is 0.274 e. The fraction of sp³-hybridized carbons (Fsp3) is 0.667. The SMILES string of the molecule is O=C(c1cc(C2CC2)[nH]n1)N1C[C@H]2C[C@H]1CS2. The third kappa shape index (κ3) is 1.59. The van der Waals surface area contributed by atoms with Gasteiger partial charge in [0, 0.05) is 35.2 Å². The van der Waals surface area contributed by atoms with Crippen LogP contribution in [0.25, 0.3) is 0 Å². The van der Waals surface area contributed by atoms with Crippen molar-refractivity contribution in [1.82, 2.24) is 15.1 Å². The number of hydrogen-bond acceptors (Lipinski definition) is 3. The summed E-state index contributed by atoms with van der Waals surface area (Å²) in [4.78, 5) is 14.3. The summed E-state index contributed by atoms with van der Waals surface area (Å²) >= 11 is 2.01. The zero-order chi connectivity index (χ0) is 11.4. The predicted molar refractivity (Wildman–Crippen MR) is 66.3 cm³/mol. The van der Waals surface area contributed by atoms with E-state index in [1.54, 1.807) is 0 Å². The molecule has 4 nitrogen and oxygen atoms in total. The highest BCUT2D eigenvalue weighted by Crippen LogP contribution is 2.40. The molecule has 5 heteroatoms. The van der Waals surface area contributed by atoms with Gasteiger partial charge in [0.05, 0.1) is 0 Å². The molecule has 1 amide bonds. The van der Waals surface area contributed by atoms with E-state index in [-0.39, 0.29) is 5.91 Å². The fourth-order valence-electron chi connectivity index (χ4n) is 2.85. The van der Waals surface area contributed by atoms with Gasteiger partial charge in [-0.25, -0.2) is 0 Å². The first-order valence-electron chi connectivity index (χ1n) is 6.29. The zero-order valence-electron chi connectivity index (χ0n) is 9.56. The molecule has 17 heavy (non-hydrogen) atoms. The van der Waals surface area contributed by atoms with Crippen LogP contribution in [0.15, 0.2) is 6.07 Å². The average molecular weight is 249 g/mol. The zero-order valence-corrected chi connectivity index (χ0v) is 10.4. The lowest BCUT2D eigenvalue weighted by molar-refractivity contribution is 0.0741. The summed E-state index contributed by atoms with van der Waals surface area (Å²) in [7, 11) is 0. The number of thioether (sulfide) groups is 1.